The fourth-order valence-corrected chi connectivity index (χ4v) is 4.95. The third-order valence-electron chi connectivity index (χ3n) is 3.43. The van der Waals surface area contributed by atoms with Crippen molar-refractivity contribution in [2.75, 3.05) is 41.0 Å². The smallest absolute Gasteiger partial charge is 0.372 e. The summed E-state index contributed by atoms with van der Waals surface area (Å²) in [4.78, 5) is 0. The summed E-state index contributed by atoms with van der Waals surface area (Å²) in [5.74, 6) is 0. The number of hydrogen-bond acceptors (Lipinski definition) is 4. The van der Waals surface area contributed by atoms with Gasteiger partial charge in [0.25, 0.3) is 0 Å². The van der Waals surface area contributed by atoms with Crippen LogP contribution in [-0.4, -0.2) is 49.6 Å². The molecule has 4 nitrogen and oxygen atoms in total. The van der Waals surface area contributed by atoms with E-state index in [4.69, 9.17) is 13.6 Å². The Labute approximate surface area is 123 Å². The summed E-state index contributed by atoms with van der Waals surface area (Å²) >= 11 is 0. The molecule has 114 valence electrons. The van der Waals surface area contributed by atoms with Gasteiger partial charge in [-0.1, -0.05) is 30.3 Å². The first-order valence-corrected chi connectivity index (χ1v) is 9.17. The van der Waals surface area contributed by atoms with E-state index in [1.807, 2.05) is 18.2 Å². The molecule has 20 heavy (non-hydrogen) atoms. The van der Waals surface area contributed by atoms with Gasteiger partial charge in [-0.15, -0.1) is 0 Å². The van der Waals surface area contributed by atoms with Crippen molar-refractivity contribution in [2.24, 2.45) is 0 Å². The van der Waals surface area contributed by atoms with Crippen molar-refractivity contribution in [3.05, 3.63) is 30.3 Å². The minimum Gasteiger partial charge on any atom is -0.394 e. The van der Waals surface area contributed by atoms with Crippen LogP contribution >= 0.6 is 0 Å². The van der Waals surface area contributed by atoms with Gasteiger partial charge in [0.15, 0.2) is 0 Å². The number of hydrogen-bond donors (Lipinski definition) is 1. The van der Waals surface area contributed by atoms with Crippen molar-refractivity contribution in [3.8, 4) is 0 Å². The molecule has 0 radical (unpaired) electrons. The van der Waals surface area contributed by atoms with E-state index in [9.17, 15) is 0 Å². The Hall–Kier alpha value is -0.723. The minimum atomic E-state index is -2.26. The van der Waals surface area contributed by atoms with Crippen LogP contribution < -0.4 is 10.5 Å². The van der Waals surface area contributed by atoms with Crippen molar-refractivity contribution >= 4 is 13.7 Å². The topological polar surface area (TPSA) is 39.7 Å². The summed E-state index contributed by atoms with van der Waals surface area (Å²) < 4.78 is 16.6. The molecule has 0 aliphatic carbocycles. The molecule has 0 spiro atoms. The molecular formula is C15H27NO3Si. The van der Waals surface area contributed by atoms with Gasteiger partial charge < -0.3 is 18.9 Å². The Morgan fingerprint density at radius 3 is 2.20 bits per heavy atom. The quantitative estimate of drug-likeness (QED) is 0.498. The molecule has 0 saturated carbocycles. The lowest BCUT2D eigenvalue weighted by molar-refractivity contribution is 0.194. The summed E-state index contributed by atoms with van der Waals surface area (Å²) in [6, 6.07) is 11.3. The lowest BCUT2D eigenvalue weighted by Gasteiger charge is -2.27. The molecular weight excluding hydrogens is 270 g/mol. The number of methoxy groups -OCH3 is 1. The van der Waals surface area contributed by atoms with Crippen molar-refractivity contribution in [3.63, 3.8) is 0 Å². The maximum atomic E-state index is 5.79. The molecule has 1 rings (SSSR count). The molecule has 1 aromatic carbocycles. The molecule has 5 heteroatoms. The summed E-state index contributed by atoms with van der Waals surface area (Å²) in [6.07, 6.45) is 2.10. The third kappa shape index (κ3) is 5.34. The zero-order valence-corrected chi connectivity index (χ0v) is 13.9. The van der Waals surface area contributed by atoms with E-state index in [1.54, 1.807) is 21.3 Å². The summed E-state index contributed by atoms with van der Waals surface area (Å²) in [5.41, 5.74) is 0. The van der Waals surface area contributed by atoms with Crippen LogP contribution in [0.5, 0.6) is 0 Å². The second kappa shape index (κ2) is 10.1. The predicted molar refractivity (Wildman–Crippen MR) is 84.6 cm³/mol. The number of nitrogens with one attached hydrogen (secondary N) is 1. The second-order valence-electron chi connectivity index (χ2n) is 4.73. The first-order valence-electron chi connectivity index (χ1n) is 7.14. The molecule has 0 fully saturated rings. The monoisotopic (exact) mass is 297 g/mol. The number of benzene rings is 1. The molecule has 0 heterocycles. The first kappa shape index (κ1) is 17.3. The molecule has 0 saturated heterocycles. The van der Waals surface area contributed by atoms with Gasteiger partial charge in [0.05, 0.1) is 0 Å². The van der Waals surface area contributed by atoms with Crippen LogP contribution in [0.3, 0.4) is 0 Å². The van der Waals surface area contributed by atoms with E-state index in [0.29, 0.717) is 0 Å². The zero-order chi connectivity index (χ0) is 14.7. The average molecular weight is 297 g/mol. The van der Waals surface area contributed by atoms with Gasteiger partial charge in [0, 0.05) is 27.9 Å². The second-order valence-corrected chi connectivity index (χ2v) is 8.13. The Bertz CT molecular complexity index is 344. The summed E-state index contributed by atoms with van der Waals surface area (Å²) in [7, 11) is 2.99. The Balaban J connectivity index is 2.40. The normalized spacial score (nSPS) is 11.8. The molecule has 0 amide bonds. The van der Waals surface area contributed by atoms with Crippen LogP contribution in [0.4, 0.5) is 0 Å². The van der Waals surface area contributed by atoms with Gasteiger partial charge >= 0.3 is 8.56 Å². The highest BCUT2D eigenvalue weighted by atomic mass is 28.4. The van der Waals surface area contributed by atoms with Crippen molar-refractivity contribution in [2.45, 2.75) is 18.9 Å². The van der Waals surface area contributed by atoms with Gasteiger partial charge in [0.2, 0.25) is 0 Å². The molecule has 0 aromatic heterocycles. The van der Waals surface area contributed by atoms with E-state index in [2.05, 4.69) is 17.4 Å². The van der Waals surface area contributed by atoms with E-state index >= 15 is 0 Å². The fraction of sp³-hybridized carbons (Fsp3) is 0.600. The SMILES string of the molecule is COCCCNCCC[Si](OC)(OC)c1ccccc1. The van der Waals surface area contributed by atoms with Crippen LogP contribution in [0, 0.1) is 0 Å². The maximum absolute atomic E-state index is 5.79. The lowest BCUT2D eigenvalue weighted by Crippen LogP contribution is -2.52. The molecule has 0 atom stereocenters. The Morgan fingerprint density at radius 1 is 0.950 bits per heavy atom. The average Bonchev–Trinajstić information content (AvgIpc) is 2.52. The number of ether oxygens (including phenoxy) is 1. The highest BCUT2D eigenvalue weighted by molar-refractivity contribution is 6.81. The van der Waals surface area contributed by atoms with Crippen molar-refractivity contribution in [1.29, 1.82) is 0 Å². The molecule has 0 aliphatic rings. The molecule has 1 N–H and O–H groups in total. The highest BCUT2D eigenvalue weighted by Crippen LogP contribution is 2.14. The standard InChI is InChI=1S/C15H27NO3Si/c1-17-13-7-11-16-12-8-14-20(18-2,19-3)15-9-5-4-6-10-15/h4-6,9-10,16H,7-8,11-14H2,1-3H3. The van der Waals surface area contributed by atoms with Gasteiger partial charge in [-0.2, -0.15) is 0 Å². The van der Waals surface area contributed by atoms with Gasteiger partial charge in [-0.05, 0) is 37.2 Å². The minimum absolute atomic E-state index is 0.811. The van der Waals surface area contributed by atoms with Crippen LogP contribution in [0.2, 0.25) is 6.04 Å². The zero-order valence-electron chi connectivity index (χ0n) is 12.9. The van der Waals surface area contributed by atoms with Gasteiger partial charge in [-0.3, -0.25) is 0 Å². The summed E-state index contributed by atoms with van der Waals surface area (Å²) in [6.45, 7) is 2.79. The van der Waals surface area contributed by atoms with Crippen LogP contribution in [0.15, 0.2) is 30.3 Å². The van der Waals surface area contributed by atoms with E-state index < -0.39 is 8.56 Å². The number of rotatable bonds is 11. The third-order valence-corrected chi connectivity index (χ3v) is 6.98. The Kier molecular flexibility index (Phi) is 8.72. The molecule has 1 aromatic rings. The van der Waals surface area contributed by atoms with Gasteiger partial charge in [0.1, 0.15) is 0 Å². The molecule has 0 aliphatic heterocycles. The van der Waals surface area contributed by atoms with Crippen molar-refractivity contribution < 1.29 is 13.6 Å². The fourth-order valence-electron chi connectivity index (χ4n) is 2.27. The predicted octanol–water partition coefficient (Wildman–Crippen LogP) is 1.64. The van der Waals surface area contributed by atoms with Crippen LogP contribution in [0.25, 0.3) is 0 Å². The Morgan fingerprint density at radius 2 is 1.60 bits per heavy atom. The van der Waals surface area contributed by atoms with Crippen LogP contribution in [0.1, 0.15) is 12.8 Å². The van der Waals surface area contributed by atoms with E-state index in [1.165, 1.54) is 5.19 Å². The van der Waals surface area contributed by atoms with Gasteiger partial charge in [-0.25, -0.2) is 0 Å². The highest BCUT2D eigenvalue weighted by Gasteiger charge is 2.37. The maximum Gasteiger partial charge on any atom is 0.372 e. The largest absolute Gasteiger partial charge is 0.394 e. The summed E-state index contributed by atoms with van der Waals surface area (Å²) in [5, 5.41) is 4.62. The van der Waals surface area contributed by atoms with Crippen molar-refractivity contribution in [1.82, 2.24) is 5.32 Å². The van der Waals surface area contributed by atoms with E-state index in [0.717, 1.165) is 38.6 Å². The first-order chi connectivity index (χ1) is 9.79. The van der Waals surface area contributed by atoms with E-state index in [-0.39, 0.29) is 0 Å². The lowest BCUT2D eigenvalue weighted by atomic mass is 10.4. The molecule has 0 unspecified atom stereocenters. The van der Waals surface area contributed by atoms with Crippen LogP contribution in [-0.2, 0) is 13.6 Å². The molecule has 0 bridgehead atoms.